The van der Waals surface area contributed by atoms with Gasteiger partial charge in [-0.3, -0.25) is 14.8 Å². The second-order valence-electron chi connectivity index (χ2n) is 4.63. The summed E-state index contributed by atoms with van der Waals surface area (Å²) >= 11 is 0. The van der Waals surface area contributed by atoms with E-state index in [4.69, 9.17) is 4.74 Å². The summed E-state index contributed by atoms with van der Waals surface area (Å²) in [6.45, 7) is 0. The number of rotatable bonds is 4. The molecule has 0 saturated heterocycles. The zero-order valence-corrected chi connectivity index (χ0v) is 11.9. The largest absolute Gasteiger partial charge is 0.456 e. The van der Waals surface area contributed by atoms with E-state index in [0.29, 0.717) is 17.2 Å². The van der Waals surface area contributed by atoms with Crippen LogP contribution in [0.4, 0.5) is 10.1 Å². The Hall–Kier alpha value is -3.28. The number of amides is 1. The number of nitrogens with zero attached hydrogens (tertiary/aromatic N) is 2. The molecule has 2 heterocycles. The van der Waals surface area contributed by atoms with Gasteiger partial charge in [-0.1, -0.05) is 6.07 Å². The van der Waals surface area contributed by atoms with Crippen LogP contribution in [-0.2, 0) is 0 Å². The van der Waals surface area contributed by atoms with Crippen LogP contribution in [0.25, 0.3) is 0 Å². The van der Waals surface area contributed by atoms with Crippen molar-refractivity contribution >= 4 is 11.6 Å². The van der Waals surface area contributed by atoms with Crippen LogP contribution < -0.4 is 10.1 Å². The van der Waals surface area contributed by atoms with Crippen LogP contribution in [-0.4, -0.2) is 15.9 Å². The highest BCUT2D eigenvalue weighted by Crippen LogP contribution is 2.20. The van der Waals surface area contributed by atoms with Crippen molar-refractivity contribution in [3.8, 4) is 11.5 Å². The summed E-state index contributed by atoms with van der Waals surface area (Å²) in [6, 6.07) is 12.3. The molecule has 2 aromatic heterocycles. The van der Waals surface area contributed by atoms with E-state index in [1.165, 1.54) is 30.5 Å². The lowest BCUT2D eigenvalue weighted by molar-refractivity contribution is 0.102. The summed E-state index contributed by atoms with van der Waals surface area (Å²) in [4.78, 5) is 20.1. The third kappa shape index (κ3) is 3.88. The maximum Gasteiger partial charge on any atom is 0.274 e. The fraction of sp³-hybridized carbons (Fsp3) is 0. The molecule has 0 aliphatic carbocycles. The van der Waals surface area contributed by atoms with E-state index in [0.717, 1.165) is 0 Å². The standard InChI is InChI=1S/C17H12FN3O2/c18-12-3-1-4-13(9-12)21-17(22)16-10-14(6-8-20-16)23-15-5-2-7-19-11-15/h1-11H,(H,21,22). The Kier molecular flexibility index (Phi) is 4.24. The molecule has 6 heteroatoms. The van der Waals surface area contributed by atoms with Crippen LogP contribution in [0.5, 0.6) is 11.5 Å². The highest BCUT2D eigenvalue weighted by Gasteiger charge is 2.10. The fourth-order valence-corrected chi connectivity index (χ4v) is 1.90. The smallest absolute Gasteiger partial charge is 0.274 e. The lowest BCUT2D eigenvalue weighted by Gasteiger charge is -2.07. The van der Waals surface area contributed by atoms with Gasteiger partial charge in [0.15, 0.2) is 0 Å². The van der Waals surface area contributed by atoms with Gasteiger partial charge in [0.2, 0.25) is 0 Å². The Balaban J connectivity index is 1.75. The first-order chi connectivity index (χ1) is 11.2. The van der Waals surface area contributed by atoms with Crippen molar-refractivity contribution in [2.24, 2.45) is 0 Å². The SMILES string of the molecule is O=C(Nc1cccc(F)c1)c1cc(Oc2cccnc2)ccn1. The molecule has 1 aromatic carbocycles. The molecule has 0 unspecified atom stereocenters. The number of carbonyl (C=O) groups excluding carboxylic acids is 1. The first-order valence-corrected chi connectivity index (χ1v) is 6.81. The quantitative estimate of drug-likeness (QED) is 0.799. The van der Waals surface area contributed by atoms with Gasteiger partial charge in [0.1, 0.15) is 23.0 Å². The van der Waals surface area contributed by atoms with Gasteiger partial charge in [-0.2, -0.15) is 0 Å². The Morgan fingerprint density at radius 3 is 2.74 bits per heavy atom. The summed E-state index contributed by atoms with van der Waals surface area (Å²) in [5.74, 6) is 0.129. The molecule has 0 saturated carbocycles. The van der Waals surface area contributed by atoms with Gasteiger partial charge in [0.05, 0.1) is 6.20 Å². The molecular formula is C17H12FN3O2. The number of halogens is 1. The lowest BCUT2D eigenvalue weighted by atomic mass is 10.2. The Morgan fingerprint density at radius 2 is 1.96 bits per heavy atom. The summed E-state index contributed by atoms with van der Waals surface area (Å²) in [6.07, 6.45) is 4.66. The van der Waals surface area contributed by atoms with Crippen LogP contribution in [0.15, 0.2) is 67.1 Å². The maximum absolute atomic E-state index is 13.1. The Labute approximate surface area is 131 Å². The minimum absolute atomic E-state index is 0.163. The van der Waals surface area contributed by atoms with Crippen molar-refractivity contribution in [2.75, 3.05) is 5.32 Å². The molecule has 0 bridgehead atoms. The normalized spacial score (nSPS) is 10.1. The van der Waals surface area contributed by atoms with Crippen LogP contribution in [0.1, 0.15) is 10.5 Å². The third-order valence-corrected chi connectivity index (χ3v) is 2.92. The molecule has 0 radical (unpaired) electrons. The number of ether oxygens (including phenoxy) is 1. The number of benzene rings is 1. The summed E-state index contributed by atoms with van der Waals surface area (Å²) in [5.41, 5.74) is 0.519. The molecule has 0 aliphatic rings. The van der Waals surface area contributed by atoms with E-state index < -0.39 is 11.7 Å². The second-order valence-corrected chi connectivity index (χ2v) is 4.63. The fourth-order valence-electron chi connectivity index (χ4n) is 1.90. The van der Waals surface area contributed by atoms with Gasteiger partial charge in [0, 0.05) is 24.1 Å². The monoisotopic (exact) mass is 309 g/mol. The highest BCUT2D eigenvalue weighted by atomic mass is 19.1. The average molecular weight is 309 g/mol. The van der Waals surface area contributed by atoms with Crippen LogP contribution in [0.2, 0.25) is 0 Å². The zero-order chi connectivity index (χ0) is 16.1. The summed E-state index contributed by atoms with van der Waals surface area (Å²) < 4.78 is 18.7. The predicted molar refractivity (Wildman–Crippen MR) is 82.9 cm³/mol. The maximum atomic E-state index is 13.1. The number of carbonyl (C=O) groups is 1. The minimum Gasteiger partial charge on any atom is -0.456 e. The Morgan fingerprint density at radius 1 is 1.04 bits per heavy atom. The summed E-state index contributed by atoms with van der Waals surface area (Å²) in [7, 11) is 0. The molecule has 0 spiro atoms. The summed E-state index contributed by atoms with van der Waals surface area (Å²) in [5, 5.41) is 2.58. The molecular weight excluding hydrogens is 297 g/mol. The zero-order valence-electron chi connectivity index (χ0n) is 11.9. The number of hydrogen-bond donors (Lipinski definition) is 1. The molecule has 1 N–H and O–H groups in total. The molecule has 5 nitrogen and oxygen atoms in total. The average Bonchev–Trinajstić information content (AvgIpc) is 2.56. The molecule has 0 fully saturated rings. The van der Waals surface area contributed by atoms with Crippen molar-refractivity contribution < 1.29 is 13.9 Å². The van der Waals surface area contributed by atoms with Gasteiger partial charge < -0.3 is 10.1 Å². The third-order valence-electron chi connectivity index (χ3n) is 2.92. The van der Waals surface area contributed by atoms with E-state index in [2.05, 4.69) is 15.3 Å². The molecule has 0 atom stereocenters. The van der Waals surface area contributed by atoms with E-state index in [-0.39, 0.29) is 5.69 Å². The van der Waals surface area contributed by atoms with E-state index in [1.807, 2.05) is 0 Å². The van der Waals surface area contributed by atoms with Crippen molar-refractivity contribution in [3.05, 3.63) is 78.6 Å². The van der Waals surface area contributed by atoms with Crippen molar-refractivity contribution in [2.45, 2.75) is 0 Å². The van der Waals surface area contributed by atoms with Gasteiger partial charge in [0.25, 0.3) is 5.91 Å². The first-order valence-electron chi connectivity index (χ1n) is 6.81. The molecule has 23 heavy (non-hydrogen) atoms. The van der Waals surface area contributed by atoms with E-state index in [1.54, 1.807) is 36.7 Å². The minimum atomic E-state index is -0.452. The number of hydrogen-bond acceptors (Lipinski definition) is 4. The van der Waals surface area contributed by atoms with Crippen molar-refractivity contribution in [3.63, 3.8) is 0 Å². The molecule has 1 amide bonds. The molecule has 3 aromatic rings. The number of pyridine rings is 2. The van der Waals surface area contributed by atoms with E-state index >= 15 is 0 Å². The number of nitrogens with one attached hydrogen (secondary N) is 1. The molecule has 0 aliphatic heterocycles. The Bertz CT molecular complexity index is 825. The van der Waals surface area contributed by atoms with Crippen LogP contribution in [0.3, 0.4) is 0 Å². The van der Waals surface area contributed by atoms with Crippen LogP contribution >= 0.6 is 0 Å². The predicted octanol–water partition coefficient (Wildman–Crippen LogP) is 3.66. The van der Waals surface area contributed by atoms with Crippen LogP contribution in [0, 0.1) is 5.82 Å². The number of anilines is 1. The highest BCUT2D eigenvalue weighted by molar-refractivity contribution is 6.03. The van der Waals surface area contributed by atoms with Gasteiger partial charge >= 0.3 is 0 Å². The molecule has 3 rings (SSSR count). The second kappa shape index (κ2) is 6.65. The number of aromatic nitrogens is 2. The van der Waals surface area contributed by atoms with Gasteiger partial charge in [-0.05, 0) is 36.4 Å². The van der Waals surface area contributed by atoms with E-state index in [9.17, 15) is 9.18 Å². The van der Waals surface area contributed by atoms with Gasteiger partial charge in [-0.25, -0.2) is 4.39 Å². The lowest BCUT2D eigenvalue weighted by Crippen LogP contribution is -2.13. The van der Waals surface area contributed by atoms with Crippen molar-refractivity contribution in [1.29, 1.82) is 0 Å². The van der Waals surface area contributed by atoms with Gasteiger partial charge in [-0.15, -0.1) is 0 Å². The topological polar surface area (TPSA) is 64.1 Å². The van der Waals surface area contributed by atoms with Crippen molar-refractivity contribution in [1.82, 2.24) is 9.97 Å². The molecule has 114 valence electrons. The first kappa shape index (κ1) is 14.6.